The Bertz CT molecular complexity index is 378. The average molecular weight is 242 g/mol. The maximum Gasteiger partial charge on any atom is 0.130 e. The number of hydrogen-bond acceptors (Lipinski definition) is 1. The van der Waals surface area contributed by atoms with E-state index in [1.54, 1.807) is 19.9 Å². The van der Waals surface area contributed by atoms with E-state index in [4.69, 9.17) is 11.6 Å². The first-order valence-corrected chi connectivity index (χ1v) is 6.06. The molecule has 1 fully saturated rings. The Morgan fingerprint density at radius 3 is 2.69 bits per heavy atom. The van der Waals surface area contributed by atoms with Crippen molar-refractivity contribution in [3.05, 3.63) is 34.3 Å². The van der Waals surface area contributed by atoms with E-state index in [2.05, 4.69) is 5.32 Å². The van der Waals surface area contributed by atoms with Gasteiger partial charge in [0.05, 0.1) is 0 Å². The molecule has 16 heavy (non-hydrogen) atoms. The summed E-state index contributed by atoms with van der Waals surface area (Å²) in [5, 5.41) is 4.00. The number of nitrogens with one attached hydrogen (secondary N) is 1. The molecule has 88 valence electrons. The first-order chi connectivity index (χ1) is 7.48. The molecule has 1 aliphatic heterocycles. The van der Waals surface area contributed by atoms with E-state index in [-0.39, 0.29) is 0 Å². The van der Waals surface area contributed by atoms with Gasteiger partial charge in [0.25, 0.3) is 0 Å². The maximum absolute atomic E-state index is 13.7. The highest BCUT2D eigenvalue weighted by molar-refractivity contribution is 6.31. The number of halogens is 2. The lowest BCUT2D eigenvalue weighted by Gasteiger charge is -2.18. The van der Waals surface area contributed by atoms with Crippen LogP contribution in [0.5, 0.6) is 0 Å². The molecule has 0 amide bonds. The fourth-order valence-corrected chi connectivity index (χ4v) is 2.48. The molecule has 0 aliphatic carbocycles. The van der Waals surface area contributed by atoms with Crippen LogP contribution in [0, 0.1) is 0 Å². The van der Waals surface area contributed by atoms with Gasteiger partial charge in [-0.05, 0) is 49.9 Å². The van der Waals surface area contributed by atoms with Crippen molar-refractivity contribution < 1.29 is 4.39 Å². The van der Waals surface area contributed by atoms with Gasteiger partial charge in [-0.3, -0.25) is 0 Å². The second-order valence-electron chi connectivity index (χ2n) is 4.90. The fraction of sp³-hybridized carbons (Fsp3) is 0.538. The van der Waals surface area contributed by atoms with Gasteiger partial charge in [0.1, 0.15) is 5.67 Å². The zero-order valence-electron chi connectivity index (χ0n) is 9.69. The molecule has 0 aromatic heterocycles. The summed E-state index contributed by atoms with van der Waals surface area (Å²) in [6.45, 7) is 5.11. The molecule has 0 radical (unpaired) electrons. The zero-order valence-corrected chi connectivity index (χ0v) is 10.4. The van der Waals surface area contributed by atoms with Gasteiger partial charge in [0, 0.05) is 11.6 Å². The molecule has 1 unspecified atom stereocenters. The van der Waals surface area contributed by atoms with Crippen molar-refractivity contribution in [2.24, 2.45) is 0 Å². The van der Waals surface area contributed by atoms with Crippen molar-refractivity contribution in [2.75, 3.05) is 13.1 Å². The van der Waals surface area contributed by atoms with E-state index >= 15 is 0 Å². The predicted octanol–water partition coefficient (Wildman–Crippen LogP) is 3.62. The fourth-order valence-electron chi connectivity index (χ4n) is 2.15. The molecule has 1 atom stereocenters. The van der Waals surface area contributed by atoms with E-state index in [1.807, 2.05) is 12.1 Å². The van der Waals surface area contributed by atoms with Crippen LogP contribution in [0.15, 0.2) is 18.2 Å². The predicted molar refractivity (Wildman–Crippen MR) is 65.8 cm³/mol. The first-order valence-electron chi connectivity index (χ1n) is 5.68. The summed E-state index contributed by atoms with van der Waals surface area (Å²) >= 11 is 6.22. The number of alkyl halides is 1. The highest BCUT2D eigenvalue weighted by atomic mass is 35.5. The Hall–Kier alpha value is -0.600. The molecule has 1 saturated heterocycles. The minimum Gasteiger partial charge on any atom is -0.316 e. The summed E-state index contributed by atoms with van der Waals surface area (Å²) in [4.78, 5) is 0. The van der Waals surface area contributed by atoms with E-state index in [9.17, 15) is 4.39 Å². The monoisotopic (exact) mass is 241 g/mol. The van der Waals surface area contributed by atoms with Gasteiger partial charge in [-0.25, -0.2) is 4.39 Å². The second-order valence-corrected chi connectivity index (χ2v) is 5.31. The third-order valence-corrected chi connectivity index (χ3v) is 3.51. The van der Waals surface area contributed by atoms with Crippen LogP contribution < -0.4 is 5.32 Å². The van der Waals surface area contributed by atoms with Crippen LogP contribution in [-0.2, 0) is 5.67 Å². The van der Waals surface area contributed by atoms with Crippen LogP contribution in [0.1, 0.15) is 37.3 Å². The minimum atomic E-state index is -1.32. The Balaban J connectivity index is 2.29. The van der Waals surface area contributed by atoms with Crippen molar-refractivity contribution >= 4 is 11.6 Å². The van der Waals surface area contributed by atoms with Crippen molar-refractivity contribution in [1.29, 1.82) is 0 Å². The molecule has 1 N–H and O–H groups in total. The van der Waals surface area contributed by atoms with E-state index in [0.717, 1.165) is 25.1 Å². The smallest absolute Gasteiger partial charge is 0.130 e. The third-order valence-electron chi connectivity index (χ3n) is 3.19. The largest absolute Gasteiger partial charge is 0.316 e. The normalized spacial score (nSPS) is 21.4. The topological polar surface area (TPSA) is 12.0 Å². The third kappa shape index (κ3) is 2.38. The Morgan fingerprint density at radius 1 is 1.44 bits per heavy atom. The van der Waals surface area contributed by atoms with E-state index in [1.165, 1.54) is 0 Å². The van der Waals surface area contributed by atoms with Crippen LogP contribution in [0.4, 0.5) is 4.39 Å². The molecule has 1 aliphatic rings. The molecule has 2 rings (SSSR count). The first kappa shape index (κ1) is 11.9. The van der Waals surface area contributed by atoms with Crippen LogP contribution in [-0.4, -0.2) is 13.1 Å². The van der Waals surface area contributed by atoms with Gasteiger partial charge < -0.3 is 5.32 Å². The minimum absolute atomic E-state index is 0.476. The van der Waals surface area contributed by atoms with Crippen LogP contribution in [0.2, 0.25) is 5.02 Å². The molecule has 1 nitrogen and oxygen atoms in total. The van der Waals surface area contributed by atoms with Gasteiger partial charge in [-0.1, -0.05) is 23.7 Å². The molecule has 3 heteroatoms. The summed E-state index contributed by atoms with van der Waals surface area (Å²) < 4.78 is 13.7. The summed E-state index contributed by atoms with van der Waals surface area (Å²) in [5.41, 5.74) is 0.461. The second kappa shape index (κ2) is 4.34. The van der Waals surface area contributed by atoms with Crippen molar-refractivity contribution in [3.8, 4) is 0 Å². The average Bonchev–Trinajstić information content (AvgIpc) is 2.69. The molecule has 1 aromatic carbocycles. The van der Waals surface area contributed by atoms with E-state index < -0.39 is 5.67 Å². The van der Waals surface area contributed by atoms with Gasteiger partial charge in [-0.15, -0.1) is 0 Å². The van der Waals surface area contributed by atoms with Crippen molar-refractivity contribution in [1.82, 2.24) is 5.32 Å². The molecule has 0 saturated carbocycles. The van der Waals surface area contributed by atoms with Gasteiger partial charge in [-0.2, -0.15) is 0 Å². The van der Waals surface area contributed by atoms with Crippen molar-refractivity contribution in [2.45, 2.75) is 31.9 Å². The Kier molecular flexibility index (Phi) is 3.22. The Labute approximate surface area is 101 Å². The molecular formula is C13H17ClFN. The van der Waals surface area contributed by atoms with Gasteiger partial charge in [0.2, 0.25) is 0 Å². The SMILES string of the molecule is CC(C)(F)c1ccc(C2CCNC2)c(Cl)c1. The highest BCUT2D eigenvalue weighted by Crippen LogP contribution is 2.33. The molecule has 0 bridgehead atoms. The summed E-state index contributed by atoms with van der Waals surface area (Å²) in [7, 11) is 0. The lowest BCUT2D eigenvalue weighted by Crippen LogP contribution is -2.11. The molecule has 1 heterocycles. The molecule has 1 aromatic rings. The van der Waals surface area contributed by atoms with E-state index in [0.29, 0.717) is 16.5 Å². The molecule has 0 spiro atoms. The quantitative estimate of drug-likeness (QED) is 0.834. The summed E-state index contributed by atoms with van der Waals surface area (Å²) in [6, 6.07) is 5.57. The van der Waals surface area contributed by atoms with Crippen molar-refractivity contribution in [3.63, 3.8) is 0 Å². The Morgan fingerprint density at radius 2 is 2.19 bits per heavy atom. The number of rotatable bonds is 2. The lowest BCUT2D eigenvalue weighted by atomic mass is 9.93. The van der Waals surface area contributed by atoms with Crippen LogP contribution in [0.25, 0.3) is 0 Å². The highest BCUT2D eigenvalue weighted by Gasteiger charge is 2.23. The van der Waals surface area contributed by atoms with Crippen LogP contribution >= 0.6 is 11.6 Å². The number of hydrogen-bond donors (Lipinski definition) is 1. The van der Waals surface area contributed by atoms with Gasteiger partial charge >= 0.3 is 0 Å². The molecular weight excluding hydrogens is 225 g/mol. The summed E-state index contributed by atoms with van der Waals surface area (Å²) in [6.07, 6.45) is 1.11. The maximum atomic E-state index is 13.7. The standard InChI is InChI=1S/C13H17ClFN/c1-13(2,15)10-3-4-11(12(14)7-10)9-5-6-16-8-9/h3-4,7,9,16H,5-6,8H2,1-2H3. The summed E-state index contributed by atoms with van der Waals surface area (Å²) in [5.74, 6) is 0.476. The zero-order chi connectivity index (χ0) is 11.8. The van der Waals surface area contributed by atoms with Gasteiger partial charge in [0.15, 0.2) is 0 Å². The van der Waals surface area contributed by atoms with Crippen LogP contribution in [0.3, 0.4) is 0 Å². The lowest BCUT2D eigenvalue weighted by molar-refractivity contribution is 0.221. The number of benzene rings is 1.